The molecule has 14 heteroatoms. The summed E-state index contributed by atoms with van der Waals surface area (Å²) >= 11 is 0. The molecular formula is C90H167NO13. The molecule has 104 heavy (non-hydrogen) atoms. The molecule has 0 spiro atoms. The number of ether oxygens (including phenoxy) is 4. The Bertz CT molecular complexity index is 1980. The molecule has 0 saturated carbocycles. The molecular weight excluding hydrogens is 1300 g/mol. The summed E-state index contributed by atoms with van der Waals surface area (Å²) in [6.45, 7) is 2.84. The highest BCUT2D eigenvalue weighted by molar-refractivity contribution is 5.76. The summed E-state index contributed by atoms with van der Waals surface area (Å²) in [5, 5.41) is 87.8. The van der Waals surface area contributed by atoms with Gasteiger partial charge in [-0.05, 0) is 70.6 Å². The third kappa shape index (κ3) is 55.1. The molecule has 2 rings (SSSR count). The van der Waals surface area contributed by atoms with Crippen LogP contribution in [-0.4, -0.2) is 140 Å². The zero-order valence-electron chi connectivity index (χ0n) is 67.3. The van der Waals surface area contributed by atoms with Crippen LogP contribution in [0.15, 0.2) is 60.8 Å². The zero-order valence-corrected chi connectivity index (χ0v) is 67.3. The molecule has 0 bridgehead atoms. The molecule has 0 aromatic heterocycles. The predicted molar refractivity (Wildman–Crippen MR) is 434 cm³/mol. The summed E-state index contributed by atoms with van der Waals surface area (Å²) in [6.07, 6.45) is 84.9. The van der Waals surface area contributed by atoms with Gasteiger partial charge in [0.25, 0.3) is 0 Å². The van der Waals surface area contributed by atoms with E-state index in [9.17, 15) is 45.6 Å². The monoisotopic (exact) mass is 1470 g/mol. The van der Waals surface area contributed by atoms with Crippen LogP contribution < -0.4 is 5.32 Å². The van der Waals surface area contributed by atoms with Crippen LogP contribution in [0.25, 0.3) is 0 Å². The maximum Gasteiger partial charge on any atom is 0.220 e. The molecule has 0 aromatic rings. The van der Waals surface area contributed by atoms with Gasteiger partial charge in [-0.15, -0.1) is 0 Å². The van der Waals surface area contributed by atoms with Crippen LogP contribution in [-0.2, 0) is 23.7 Å². The highest BCUT2D eigenvalue weighted by Gasteiger charge is 2.51. The predicted octanol–water partition coefficient (Wildman–Crippen LogP) is 21.5. The Kier molecular flexibility index (Phi) is 69.1. The number of carbonyl (C=O) groups is 1. The Morgan fingerprint density at radius 1 is 0.346 bits per heavy atom. The number of aliphatic hydroxyl groups excluding tert-OH is 8. The maximum absolute atomic E-state index is 13.4. The van der Waals surface area contributed by atoms with E-state index in [0.29, 0.717) is 12.8 Å². The van der Waals surface area contributed by atoms with E-state index < -0.39 is 86.8 Å². The summed E-state index contributed by atoms with van der Waals surface area (Å²) in [7, 11) is 0. The average Bonchev–Trinajstić information content (AvgIpc) is 0.789. The van der Waals surface area contributed by atoms with Crippen LogP contribution in [0.1, 0.15) is 412 Å². The largest absolute Gasteiger partial charge is 0.394 e. The molecule has 2 heterocycles. The van der Waals surface area contributed by atoms with Gasteiger partial charge in [0.2, 0.25) is 5.91 Å². The summed E-state index contributed by atoms with van der Waals surface area (Å²) in [5.74, 6) is -0.241. The van der Waals surface area contributed by atoms with E-state index in [1.54, 1.807) is 6.08 Å². The SMILES string of the molecule is CCCCCCC/C=C\C/C=C\C/C=C\CCCCCCCCCCCCCCCCCCCCCCCCCCCCC(=O)NC(COC1OC(CO)C(OC2OC(CO)C(O)C(O)C2O)C(O)C1O)C(O)/C=C/CC/C=C/CCCCCCCCCCCCCCCCCCCCCCCCC. The van der Waals surface area contributed by atoms with Crippen molar-refractivity contribution in [1.82, 2.24) is 5.32 Å². The molecule has 2 aliphatic heterocycles. The van der Waals surface area contributed by atoms with Crippen molar-refractivity contribution in [3.8, 4) is 0 Å². The second-order valence-corrected chi connectivity index (χ2v) is 31.4. The van der Waals surface area contributed by atoms with Gasteiger partial charge in [0.1, 0.15) is 48.8 Å². The van der Waals surface area contributed by atoms with Crippen molar-refractivity contribution in [3.05, 3.63) is 60.8 Å². The number of amides is 1. The quantitative estimate of drug-likeness (QED) is 0.0204. The number of nitrogens with one attached hydrogen (secondary N) is 1. The average molecular weight is 1470 g/mol. The van der Waals surface area contributed by atoms with Crippen molar-refractivity contribution in [2.45, 2.75) is 485 Å². The zero-order chi connectivity index (χ0) is 75.1. The van der Waals surface area contributed by atoms with Gasteiger partial charge in [0.15, 0.2) is 12.6 Å². The standard InChI is InChI=1S/C90H167NO13/c1-3-5-7-9-11-13-15-17-19-21-23-25-27-29-31-33-34-35-36-37-38-39-40-41-42-43-44-46-48-50-52-54-56-58-60-62-64-66-68-70-72-74-82(95)91-78(77-101-89-87(100)85(98)88(81(76-93)103-89)104-90-86(99)84(97)83(96)80(75-92)102-90)79(94)73-71-69-67-65-63-61-59-57-55-53-51-49-47-45-32-30-28-26-24-22-20-18-16-14-12-10-8-6-4-2/h15,17,21,23,27,29,63,65,71,73,78-81,83-90,92-94,96-100H,3-14,16,18-20,22,24-26,28,30-62,64,66-70,72,74-77H2,1-2H3,(H,91,95)/b17-15-,23-21-,29-27-,65-63+,73-71+. The molecule has 2 aliphatic rings. The Balaban J connectivity index is 1.56. The third-order valence-electron chi connectivity index (χ3n) is 21.7. The lowest BCUT2D eigenvalue weighted by Crippen LogP contribution is -2.65. The maximum atomic E-state index is 13.4. The van der Waals surface area contributed by atoms with E-state index in [2.05, 4.69) is 67.8 Å². The van der Waals surface area contributed by atoms with Crippen molar-refractivity contribution in [3.63, 3.8) is 0 Å². The number of allylic oxidation sites excluding steroid dienone is 9. The Hall–Kier alpha value is -2.31. The molecule has 0 radical (unpaired) electrons. The van der Waals surface area contributed by atoms with E-state index in [-0.39, 0.29) is 18.9 Å². The second kappa shape index (κ2) is 73.5. The molecule has 12 unspecified atom stereocenters. The number of unbranched alkanes of at least 4 members (excludes halogenated alkanes) is 55. The molecule has 2 fully saturated rings. The van der Waals surface area contributed by atoms with E-state index in [1.165, 1.54) is 334 Å². The lowest BCUT2D eigenvalue weighted by Gasteiger charge is -2.46. The summed E-state index contributed by atoms with van der Waals surface area (Å²) in [4.78, 5) is 13.4. The minimum atomic E-state index is -1.79. The van der Waals surface area contributed by atoms with Crippen molar-refractivity contribution < 1.29 is 64.6 Å². The van der Waals surface area contributed by atoms with Crippen LogP contribution in [0.5, 0.6) is 0 Å². The summed E-state index contributed by atoms with van der Waals surface area (Å²) < 4.78 is 22.9. The molecule has 12 atom stereocenters. The molecule has 9 N–H and O–H groups in total. The van der Waals surface area contributed by atoms with E-state index in [4.69, 9.17) is 18.9 Å². The topological polar surface area (TPSA) is 228 Å². The van der Waals surface area contributed by atoms with Crippen molar-refractivity contribution in [2.24, 2.45) is 0 Å². The Morgan fingerprint density at radius 2 is 0.644 bits per heavy atom. The normalized spacial score (nSPS) is 21.7. The van der Waals surface area contributed by atoms with Crippen LogP contribution in [0.3, 0.4) is 0 Å². The highest BCUT2D eigenvalue weighted by atomic mass is 16.7. The number of carbonyl (C=O) groups excluding carboxylic acids is 1. The summed E-state index contributed by atoms with van der Waals surface area (Å²) in [6, 6.07) is -0.934. The van der Waals surface area contributed by atoms with Crippen LogP contribution in [0, 0.1) is 0 Å². The fourth-order valence-corrected chi connectivity index (χ4v) is 14.7. The van der Waals surface area contributed by atoms with Gasteiger partial charge >= 0.3 is 0 Å². The van der Waals surface area contributed by atoms with Crippen LogP contribution in [0.2, 0.25) is 0 Å². The first-order chi connectivity index (χ1) is 51.1. The first-order valence-corrected chi connectivity index (χ1v) is 44.5. The van der Waals surface area contributed by atoms with Gasteiger partial charge < -0.3 is 65.1 Å². The Labute approximate surface area is 638 Å². The van der Waals surface area contributed by atoms with Crippen molar-refractivity contribution in [2.75, 3.05) is 19.8 Å². The molecule has 1 amide bonds. The second-order valence-electron chi connectivity index (χ2n) is 31.4. The number of hydrogen-bond acceptors (Lipinski definition) is 13. The van der Waals surface area contributed by atoms with E-state index in [0.717, 1.165) is 44.9 Å². The lowest BCUT2D eigenvalue weighted by molar-refractivity contribution is -0.359. The van der Waals surface area contributed by atoms with E-state index in [1.807, 2.05) is 6.08 Å². The minimum absolute atomic E-state index is 0.241. The van der Waals surface area contributed by atoms with Gasteiger partial charge in [-0.3, -0.25) is 4.79 Å². The summed E-state index contributed by atoms with van der Waals surface area (Å²) in [5.41, 5.74) is 0. The molecule has 14 nitrogen and oxygen atoms in total. The number of aliphatic hydroxyl groups is 8. The Morgan fingerprint density at radius 3 is 1.01 bits per heavy atom. The molecule has 610 valence electrons. The molecule has 0 aliphatic carbocycles. The number of rotatable bonds is 76. The number of hydrogen-bond donors (Lipinski definition) is 9. The van der Waals surface area contributed by atoms with Gasteiger partial charge in [-0.1, -0.05) is 396 Å². The van der Waals surface area contributed by atoms with Gasteiger partial charge in [0, 0.05) is 6.42 Å². The lowest BCUT2D eigenvalue weighted by atomic mass is 9.97. The fraction of sp³-hybridized carbons (Fsp3) is 0.878. The van der Waals surface area contributed by atoms with Gasteiger partial charge in [-0.2, -0.15) is 0 Å². The first-order valence-electron chi connectivity index (χ1n) is 44.5. The van der Waals surface area contributed by atoms with Crippen LogP contribution in [0.4, 0.5) is 0 Å². The highest BCUT2D eigenvalue weighted by Crippen LogP contribution is 2.31. The minimum Gasteiger partial charge on any atom is -0.394 e. The smallest absolute Gasteiger partial charge is 0.220 e. The van der Waals surface area contributed by atoms with Gasteiger partial charge in [-0.25, -0.2) is 0 Å². The van der Waals surface area contributed by atoms with Gasteiger partial charge in [0.05, 0.1) is 32.0 Å². The third-order valence-corrected chi connectivity index (χ3v) is 21.7. The van der Waals surface area contributed by atoms with Crippen LogP contribution >= 0.6 is 0 Å². The van der Waals surface area contributed by atoms with E-state index >= 15 is 0 Å². The van der Waals surface area contributed by atoms with Crippen molar-refractivity contribution in [1.29, 1.82) is 0 Å². The first kappa shape index (κ1) is 97.8. The van der Waals surface area contributed by atoms with Crippen molar-refractivity contribution >= 4 is 5.91 Å². The molecule has 2 saturated heterocycles. The fourth-order valence-electron chi connectivity index (χ4n) is 14.7. The molecule has 0 aromatic carbocycles.